The van der Waals surface area contributed by atoms with Crippen LogP contribution in [0.25, 0.3) is 0 Å². The molecule has 1 aromatic carbocycles. The van der Waals surface area contributed by atoms with Gasteiger partial charge in [-0.25, -0.2) is 4.98 Å². The Hall–Kier alpha value is -2.08. The number of aryl methyl sites for hydroxylation is 1. The molecular formula is C14H16N2O3S. The molecule has 0 aliphatic carbocycles. The van der Waals surface area contributed by atoms with Crippen LogP contribution in [0.15, 0.2) is 29.6 Å². The second-order valence-electron chi connectivity index (χ2n) is 4.12. The summed E-state index contributed by atoms with van der Waals surface area (Å²) in [4.78, 5) is 14.9. The van der Waals surface area contributed by atoms with Gasteiger partial charge in [-0.15, -0.1) is 11.3 Å². The minimum atomic E-state index is -0.808. The molecule has 1 heterocycles. The molecule has 0 aliphatic heterocycles. The summed E-state index contributed by atoms with van der Waals surface area (Å²) in [5.74, 6) is -0.00270. The highest BCUT2D eigenvalue weighted by molar-refractivity contribution is 7.13. The Balaban J connectivity index is 1.99. The second kappa shape index (κ2) is 6.91. The number of hydrogen-bond acceptors (Lipinski definition) is 5. The van der Waals surface area contributed by atoms with Crippen LogP contribution in [-0.4, -0.2) is 22.7 Å². The fourth-order valence-electron chi connectivity index (χ4n) is 1.67. The Labute approximate surface area is 121 Å². The van der Waals surface area contributed by atoms with Gasteiger partial charge in [0.05, 0.1) is 18.7 Å². The van der Waals surface area contributed by atoms with Crippen LogP contribution in [0.4, 0.5) is 10.8 Å². The fraction of sp³-hybridized carbons (Fsp3) is 0.286. The average Bonchev–Trinajstić information content (AvgIpc) is 2.85. The number of carbonyl (C=O) groups is 1. The number of aromatic nitrogens is 1. The predicted molar refractivity (Wildman–Crippen MR) is 79.0 cm³/mol. The van der Waals surface area contributed by atoms with Crippen molar-refractivity contribution in [2.45, 2.75) is 19.8 Å². The van der Waals surface area contributed by atoms with Crippen LogP contribution in [0.5, 0.6) is 5.75 Å². The molecule has 0 unspecified atom stereocenters. The van der Waals surface area contributed by atoms with Gasteiger partial charge >= 0.3 is 5.97 Å². The van der Waals surface area contributed by atoms with E-state index in [2.05, 4.69) is 10.3 Å². The van der Waals surface area contributed by atoms with Crippen molar-refractivity contribution in [1.29, 1.82) is 0 Å². The summed E-state index contributed by atoms with van der Waals surface area (Å²) in [5.41, 5.74) is 1.69. The number of aliphatic carboxylic acids is 1. The minimum absolute atomic E-state index is 0.100. The molecule has 0 aliphatic rings. The topological polar surface area (TPSA) is 71.5 Å². The van der Waals surface area contributed by atoms with Gasteiger partial charge in [-0.05, 0) is 19.1 Å². The molecule has 2 rings (SSSR count). The molecule has 20 heavy (non-hydrogen) atoms. The highest BCUT2D eigenvalue weighted by Gasteiger charge is 2.05. The summed E-state index contributed by atoms with van der Waals surface area (Å²) < 4.78 is 5.43. The lowest BCUT2D eigenvalue weighted by Crippen LogP contribution is -1.98. The van der Waals surface area contributed by atoms with Gasteiger partial charge in [0.2, 0.25) is 0 Å². The number of rotatable bonds is 7. The first-order valence-corrected chi connectivity index (χ1v) is 7.21. The summed E-state index contributed by atoms with van der Waals surface area (Å²) in [7, 11) is 0. The first kappa shape index (κ1) is 14.3. The SMILES string of the molecule is CCOc1cccc(Nc2nc(CCC(=O)O)cs2)c1. The number of anilines is 2. The maximum Gasteiger partial charge on any atom is 0.303 e. The average molecular weight is 292 g/mol. The lowest BCUT2D eigenvalue weighted by Gasteiger charge is -2.06. The third-order valence-electron chi connectivity index (χ3n) is 2.54. The molecule has 0 amide bonds. The molecule has 1 aromatic heterocycles. The lowest BCUT2D eigenvalue weighted by atomic mass is 10.2. The summed E-state index contributed by atoms with van der Waals surface area (Å²) in [6.45, 7) is 2.57. The van der Waals surface area contributed by atoms with E-state index in [4.69, 9.17) is 9.84 Å². The monoisotopic (exact) mass is 292 g/mol. The third-order valence-corrected chi connectivity index (χ3v) is 3.35. The highest BCUT2D eigenvalue weighted by Crippen LogP contribution is 2.24. The number of carboxylic acids is 1. The largest absolute Gasteiger partial charge is 0.494 e. The van der Waals surface area contributed by atoms with E-state index in [0.29, 0.717) is 13.0 Å². The molecule has 0 radical (unpaired) electrons. The van der Waals surface area contributed by atoms with Gasteiger partial charge in [-0.1, -0.05) is 6.07 Å². The Morgan fingerprint density at radius 1 is 1.50 bits per heavy atom. The Morgan fingerprint density at radius 3 is 3.10 bits per heavy atom. The molecule has 2 N–H and O–H groups in total. The van der Waals surface area contributed by atoms with Crippen LogP contribution in [0.2, 0.25) is 0 Å². The standard InChI is InChI=1S/C14H16N2O3S/c1-2-19-12-5-3-4-10(8-12)15-14-16-11(9-20-14)6-7-13(17)18/h3-5,8-9H,2,6-7H2,1H3,(H,15,16)(H,17,18). The van der Waals surface area contributed by atoms with Crippen molar-refractivity contribution in [2.24, 2.45) is 0 Å². The van der Waals surface area contributed by atoms with Gasteiger partial charge in [0.25, 0.3) is 0 Å². The van der Waals surface area contributed by atoms with Gasteiger partial charge in [0.1, 0.15) is 5.75 Å². The molecule has 0 fully saturated rings. The zero-order valence-corrected chi connectivity index (χ0v) is 11.9. The maximum absolute atomic E-state index is 10.5. The maximum atomic E-state index is 10.5. The molecule has 0 spiro atoms. The molecule has 0 saturated heterocycles. The van der Waals surface area contributed by atoms with E-state index < -0.39 is 5.97 Å². The Morgan fingerprint density at radius 2 is 2.35 bits per heavy atom. The molecule has 5 nitrogen and oxygen atoms in total. The van der Waals surface area contributed by atoms with Gasteiger partial charge in [-0.3, -0.25) is 4.79 Å². The van der Waals surface area contributed by atoms with Crippen molar-refractivity contribution in [1.82, 2.24) is 4.98 Å². The van der Waals surface area contributed by atoms with Crippen LogP contribution >= 0.6 is 11.3 Å². The lowest BCUT2D eigenvalue weighted by molar-refractivity contribution is -0.136. The van der Waals surface area contributed by atoms with Crippen LogP contribution in [0.3, 0.4) is 0 Å². The van der Waals surface area contributed by atoms with Crippen LogP contribution in [-0.2, 0) is 11.2 Å². The number of thiazole rings is 1. The molecule has 0 atom stereocenters. The van der Waals surface area contributed by atoms with Gasteiger partial charge in [0, 0.05) is 23.6 Å². The summed E-state index contributed by atoms with van der Waals surface area (Å²) >= 11 is 1.46. The number of carboxylic acid groups (broad SMARTS) is 1. The van der Waals surface area contributed by atoms with Crippen molar-refractivity contribution in [3.63, 3.8) is 0 Å². The highest BCUT2D eigenvalue weighted by atomic mass is 32.1. The van der Waals surface area contributed by atoms with Gasteiger partial charge < -0.3 is 15.2 Å². The molecule has 0 saturated carbocycles. The zero-order chi connectivity index (χ0) is 14.4. The van der Waals surface area contributed by atoms with Gasteiger partial charge in [-0.2, -0.15) is 0 Å². The quantitative estimate of drug-likeness (QED) is 0.819. The normalized spacial score (nSPS) is 10.2. The van der Waals surface area contributed by atoms with E-state index in [1.54, 1.807) is 0 Å². The molecular weight excluding hydrogens is 276 g/mol. The van der Waals surface area contributed by atoms with E-state index >= 15 is 0 Å². The summed E-state index contributed by atoms with van der Waals surface area (Å²) in [6.07, 6.45) is 0.551. The fourth-order valence-corrected chi connectivity index (χ4v) is 2.43. The molecule has 6 heteroatoms. The van der Waals surface area contributed by atoms with E-state index in [-0.39, 0.29) is 6.42 Å². The van der Waals surface area contributed by atoms with Crippen molar-refractivity contribution in [3.05, 3.63) is 35.3 Å². The number of benzene rings is 1. The number of nitrogens with one attached hydrogen (secondary N) is 1. The zero-order valence-electron chi connectivity index (χ0n) is 11.1. The number of ether oxygens (including phenoxy) is 1. The third kappa shape index (κ3) is 4.24. The van der Waals surface area contributed by atoms with Crippen LogP contribution < -0.4 is 10.1 Å². The Kier molecular flexibility index (Phi) is 4.95. The summed E-state index contributed by atoms with van der Waals surface area (Å²) in [5, 5.41) is 14.5. The molecule has 0 bridgehead atoms. The predicted octanol–water partition coefficient (Wildman–Crippen LogP) is 3.30. The number of nitrogens with zero attached hydrogens (tertiary/aromatic N) is 1. The molecule has 2 aromatic rings. The van der Waals surface area contributed by atoms with E-state index in [0.717, 1.165) is 22.3 Å². The second-order valence-corrected chi connectivity index (χ2v) is 4.98. The number of hydrogen-bond donors (Lipinski definition) is 2. The van der Waals surface area contributed by atoms with Crippen molar-refractivity contribution < 1.29 is 14.6 Å². The van der Waals surface area contributed by atoms with Crippen molar-refractivity contribution in [3.8, 4) is 5.75 Å². The minimum Gasteiger partial charge on any atom is -0.494 e. The summed E-state index contributed by atoms with van der Waals surface area (Å²) in [6, 6.07) is 7.64. The van der Waals surface area contributed by atoms with Crippen molar-refractivity contribution in [2.75, 3.05) is 11.9 Å². The smallest absolute Gasteiger partial charge is 0.303 e. The van der Waals surface area contributed by atoms with Crippen molar-refractivity contribution >= 4 is 28.1 Å². The first-order chi connectivity index (χ1) is 9.67. The van der Waals surface area contributed by atoms with E-state index in [1.165, 1.54) is 11.3 Å². The van der Waals surface area contributed by atoms with Crippen LogP contribution in [0.1, 0.15) is 19.0 Å². The first-order valence-electron chi connectivity index (χ1n) is 6.33. The van der Waals surface area contributed by atoms with E-state index in [9.17, 15) is 4.79 Å². The Bertz CT molecular complexity index is 583. The molecule has 106 valence electrons. The van der Waals surface area contributed by atoms with Crippen LogP contribution in [0, 0.1) is 0 Å². The van der Waals surface area contributed by atoms with Gasteiger partial charge in [0.15, 0.2) is 5.13 Å². The van der Waals surface area contributed by atoms with E-state index in [1.807, 2.05) is 36.6 Å².